The van der Waals surface area contributed by atoms with Crippen LogP contribution < -0.4 is 10.6 Å². The molecule has 0 radical (unpaired) electrons. The molecular weight excluding hydrogens is 380 g/mol. The highest BCUT2D eigenvalue weighted by molar-refractivity contribution is 7.10. The lowest BCUT2D eigenvalue weighted by Crippen LogP contribution is -2.30. The first-order valence-corrected chi connectivity index (χ1v) is 9.36. The summed E-state index contributed by atoms with van der Waals surface area (Å²) in [7, 11) is 0. The predicted octanol–water partition coefficient (Wildman–Crippen LogP) is 3.63. The number of hydrogen-bond acceptors (Lipinski definition) is 6. The number of hydrogen-bond donors (Lipinski definition) is 2. The number of nitrogens with one attached hydrogen (secondary N) is 2. The number of thiophene rings is 1. The summed E-state index contributed by atoms with van der Waals surface area (Å²) < 4.78 is 10.1. The van der Waals surface area contributed by atoms with Crippen LogP contribution in [-0.4, -0.2) is 24.4 Å². The molecule has 144 valence electrons. The molecule has 2 aromatic heterocycles. The minimum Gasteiger partial charge on any atom is -0.459 e. The Morgan fingerprint density at radius 2 is 1.93 bits per heavy atom. The van der Waals surface area contributed by atoms with E-state index in [1.54, 1.807) is 24.3 Å². The second-order valence-corrected chi connectivity index (χ2v) is 6.84. The fourth-order valence-electron chi connectivity index (χ4n) is 2.46. The molecule has 0 spiro atoms. The van der Waals surface area contributed by atoms with Gasteiger partial charge in [0.05, 0.1) is 23.6 Å². The number of para-hydroxylation sites is 1. The van der Waals surface area contributed by atoms with Crippen molar-refractivity contribution in [3.05, 3.63) is 76.4 Å². The van der Waals surface area contributed by atoms with E-state index < -0.39 is 24.4 Å². The van der Waals surface area contributed by atoms with Crippen molar-refractivity contribution >= 4 is 34.8 Å². The summed E-state index contributed by atoms with van der Waals surface area (Å²) in [5.41, 5.74) is 0.405. The van der Waals surface area contributed by atoms with Crippen molar-refractivity contribution in [2.75, 3.05) is 11.9 Å². The zero-order valence-electron chi connectivity index (χ0n) is 15.0. The van der Waals surface area contributed by atoms with Crippen molar-refractivity contribution in [2.24, 2.45) is 0 Å². The Morgan fingerprint density at radius 1 is 1.11 bits per heavy atom. The van der Waals surface area contributed by atoms with Crippen molar-refractivity contribution in [3.8, 4) is 0 Å². The Labute approximate surface area is 165 Å². The van der Waals surface area contributed by atoms with Gasteiger partial charge in [-0.25, -0.2) is 4.79 Å². The first-order valence-electron chi connectivity index (χ1n) is 8.48. The molecule has 0 aliphatic rings. The van der Waals surface area contributed by atoms with Gasteiger partial charge in [0.25, 0.3) is 11.8 Å². The van der Waals surface area contributed by atoms with Crippen LogP contribution >= 0.6 is 11.3 Å². The molecule has 2 heterocycles. The Hall–Kier alpha value is -3.39. The maximum absolute atomic E-state index is 12.4. The van der Waals surface area contributed by atoms with E-state index in [-0.39, 0.29) is 23.1 Å². The Kier molecular flexibility index (Phi) is 6.23. The lowest BCUT2D eigenvalue weighted by atomic mass is 10.1. The van der Waals surface area contributed by atoms with Crippen LogP contribution in [0.1, 0.15) is 38.8 Å². The topological polar surface area (TPSA) is 97.6 Å². The van der Waals surface area contributed by atoms with E-state index in [4.69, 9.17) is 9.15 Å². The fourth-order valence-corrected chi connectivity index (χ4v) is 3.20. The summed E-state index contributed by atoms with van der Waals surface area (Å²) in [5.74, 6) is -1.50. The number of rotatable bonds is 7. The van der Waals surface area contributed by atoms with Crippen LogP contribution in [0.5, 0.6) is 0 Å². The van der Waals surface area contributed by atoms with Gasteiger partial charge < -0.3 is 19.8 Å². The van der Waals surface area contributed by atoms with E-state index >= 15 is 0 Å². The maximum atomic E-state index is 12.4. The number of carbonyl (C=O) groups excluding carboxylic acids is 3. The smallest absolute Gasteiger partial charge is 0.340 e. The van der Waals surface area contributed by atoms with Gasteiger partial charge in [0.15, 0.2) is 12.4 Å². The number of carbonyl (C=O) groups is 3. The molecule has 8 heteroatoms. The maximum Gasteiger partial charge on any atom is 0.340 e. The zero-order valence-corrected chi connectivity index (χ0v) is 15.8. The minimum absolute atomic E-state index is 0.116. The highest BCUT2D eigenvalue weighted by Crippen LogP contribution is 2.19. The molecule has 3 aromatic rings. The first kappa shape index (κ1) is 19.4. The Morgan fingerprint density at radius 3 is 2.64 bits per heavy atom. The number of furan rings is 1. The normalized spacial score (nSPS) is 11.5. The molecular formula is C20H18N2O5S. The second-order valence-electron chi connectivity index (χ2n) is 5.86. The van der Waals surface area contributed by atoms with Gasteiger partial charge in [0, 0.05) is 4.88 Å². The van der Waals surface area contributed by atoms with Crippen LogP contribution in [0.4, 0.5) is 5.69 Å². The molecule has 2 amide bonds. The summed E-state index contributed by atoms with van der Waals surface area (Å²) in [6.07, 6.45) is 1.38. The van der Waals surface area contributed by atoms with E-state index in [1.165, 1.54) is 29.7 Å². The molecule has 0 unspecified atom stereocenters. The van der Waals surface area contributed by atoms with E-state index in [2.05, 4.69) is 10.6 Å². The molecule has 3 rings (SSSR count). The standard InChI is InChI=1S/C20H18N2O5S/c1-13(17-9-5-11-28-17)21-18(23)12-27-20(25)14-6-2-3-7-15(14)22-19(24)16-8-4-10-26-16/h2-11,13H,12H2,1H3,(H,21,23)(H,22,24)/t13-/m0/s1. The minimum atomic E-state index is -0.714. The average molecular weight is 398 g/mol. The quantitative estimate of drug-likeness (QED) is 0.592. The van der Waals surface area contributed by atoms with Gasteiger partial charge in [-0.1, -0.05) is 18.2 Å². The summed E-state index contributed by atoms with van der Waals surface area (Å²) in [6, 6.07) is 13.1. The molecule has 1 atom stereocenters. The lowest BCUT2D eigenvalue weighted by Gasteiger charge is -2.13. The molecule has 0 saturated heterocycles. The van der Waals surface area contributed by atoms with Gasteiger partial charge in [-0.05, 0) is 42.6 Å². The van der Waals surface area contributed by atoms with Crippen molar-refractivity contribution in [2.45, 2.75) is 13.0 Å². The van der Waals surface area contributed by atoms with E-state index in [0.29, 0.717) is 0 Å². The third kappa shape index (κ3) is 4.86. The van der Waals surface area contributed by atoms with Crippen molar-refractivity contribution in [3.63, 3.8) is 0 Å². The second kappa shape index (κ2) is 9.01. The molecule has 0 saturated carbocycles. The van der Waals surface area contributed by atoms with Crippen LogP contribution in [0, 0.1) is 0 Å². The van der Waals surface area contributed by atoms with Gasteiger partial charge in [0.1, 0.15) is 0 Å². The highest BCUT2D eigenvalue weighted by atomic mass is 32.1. The molecule has 1 aromatic carbocycles. The average Bonchev–Trinajstić information content (AvgIpc) is 3.40. The first-order chi connectivity index (χ1) is 13.5. The SMILES string of the molecule is C[C@H](NC(=O)COC(=O)c1ccccc1NC(=O)c1ccco1)c1cccs1. The third-order valence-electron chi connectivity index (χ3n) is 3.82. The monoisotopic (exact) mass is 398 g/mol. The number of ether oxygens (including phenoxy) is 1. The summed E-state index contributed by atoms with van der Waals surface area (Å²) >= 11 is 1.53. The largest absolute Gasteiger partial charge is 0.459 e. The molecule has 2 N–H and O–H groups in total. The number of anilines is 1. The van der Waals surface area contributed by atoms with Crippen LogP contribution in [0.3, 0.4) is 0 Å². The van der Waals surface area contributed by atoms with Crippen LogP contribution in [0.15, 0.2) is 64.6 Å². The molecule has 7 nitrogen and oxygen atoms in total. The Balaban J connectivity index is 1.58. The highest BCUT2D eigenvalue weighted by Gasteiger charge is 2.18. The van der Waals surface area contributed by atoms with Crippen molar-refractivity contribution in [1.82, 2.24) is 5.32 Å². The molecule has 0 fully saturated rings. The van der Waals surface area contributed by atoms with Gasteiger partial charge in [0.2, 0.25) is 0 Å². The van der Waals surface area contributed by atoms with Gasteiger partial charge in [-0.3, -0.25) is 9.59 Å². The van der Waals surface area contributed by atoms with Crippen LogP contribution in [0.25, 0.3) is 0 Å². The van der Waals surface area contributed by atoms with E-state index in [1.807, 2.05) is 24.4 Å². The molecule has 0 aliphatic heterocycles. The summed E-state index contributed by atoms with van der Waals surface area (Å²) in [6.45, 7) is 1.43. The van der Waals surface area contributed by atoms with Crippen LogP contribution in [0.2, 0.25) is 0 Å². The van der Waals surface area contributed by atoms with Gasteiger partial charge in [-0.15, -0.1) is 11.3 Å². The third-order valence-corrected chi connectivity index (χ3v) is 4.88. The number of esters is 1. The van der Waals surface area contributed by atoms with Gasteiger partial charge >= 0.3 is 5.97 Å². The van der Waals surface area contributed by atoms with E-state index in [0.717, 1.165) is 4.88 Å². The molecule has 28 heavy (non-hydrogen) atoms. The predicted molar refractivity (Wildman–Crippen MR) is 104 cm³/mol. The van der Waals surface area contributed by atoms with Gasteiger partial charge in [-0.2, -0.15) is 0 Å². The lowest BCUT2D eigenvalue weighted by molar-refractivity contribution is -0.124. The summed E-state index contributed by atoms with van der Waals surface area (Å²) in [4.78, 5) is 37.5. The van der Waals surface area contributed by atoms with Crippen LogP contribution in [-0.2, 0) is 9.53 Å². The van der Waals surface area contributed by atoms with E-state index in [9.17, 15) is 14.4 Å². The number of amides is 2. The van der Waals surface area contributed by atoms with Crippen molar-refractivity contribution in [1.29, 1.82) is 0 Å². The fraction of sp³-hybridized carbons (Fsp3) is 0.150. The molecule has 0 bridgehead atoms. The van der Waals surface area contributed by atoms with Crippen molar-refractivity contribution < 1.29 is 23.5 Å². The Bertz CT molecular complexity index is 951. The zero-order chi connectivity index (χ0) is 19.9. The molecule has 0 aliphatic carbocycles. The number of benzene rings is 1. The summed E-state index contributed by atoms with van der Waals surface area (Å²) in [5, 5.41) is 7.29.